The third kappa shape index (κ3) is 3.97. The molecule has 2 N–H and O–H groups in total. The summed E-state index contributed by atoms with van der Waals surface area (Å²) in [7, 11) is 0. The number of carbonyl (C=O) groups is 1. The van der Waals surface area contributed by atoms with Crippen molar-refractivity contribution in [2.45, 2.75) is 25.1 Å². The Kier molecular flexibility index (Phi) is 4.55. The number of rotatable bonds is 4. The van der Waals surface area contributed by atoms with Crippen LogP contribution in [0.5, 0.6) is 0 Å². The maximum atomic E-state index is 12.2. The SMILES string of the molecule is O=C([C@H]1CCCN1)N(CCO)CC(F)(F)F. The fraction of sp³-hybridized carbons (Fsp3) is 0.889. The molecule has 0 aromatic heterocycles. The van der Waals surface area contributed by atoms with Gasteiger partial charge < -0.3 is 15.3 Å². The van der Waals surface area contributed by atoms with Gasteiger partial charge in [0.1, 0.15) is 6.54 Å². The van der Waals surface area contributed by atoms with E-state index in [9.17, 15) is 18.0 Å². The summed E-state index contributed by atoms with van der Waals surface area (Å²) in [5.74, 6) is -0.580. The maximum Gasteiger partial charge on any atom is 0.406 e. The second-order valence-corrected chi connectivity index (χ2v) is 3.75. The normalized spacial score (nSPS) is 21.1. The molecule has 0 aromatic carbocycles. The van der Waals surface area contributed by atoms with Crippen LogP contribution in [0.2, 0.25) is 0 Å². The zero-order valence-electron chi connectivity index (χ0n) is 8.76. The average molecular weight is 240 g/mol. The Morgan fingerprint density at radius 3 is 2.62 bits per heavy atom. The first kappa shape index (κ1) is 13.2. The predicted molar refractivity (Wildman–Crippen MR) is 50.7 cm³/mol. The van der Waals surface area contributed by atoms with E-state index in [0.717, 1.165) is 6.42 Å². The first-order valence-electron chi connectivity index (χ1n) is 5.14. The molecule has 4 nitrogen and oxygen atoms in total. The van der Waals surface area contributed by atoms with Crippen LogP contribution in [0.4, 0.5) is 13.2 Å². The number of amides is 1. The number of hydrogen-bond acceptors (Lipinski definition) is 3. The number of aliphatic hydroxyl groups excluding tert-OH is 1. The lowest BCUT2D eigenvalue weighted by molar-refractivity contribution is -0.163. The molecule has 0 unspecified atom stereocenters. The molecule has 1 fully saturated rings. The molecule has 0 saturated carbocycles. The lowest BCUT2D eigenvalue weighted by Gasteiger charge is -2.25. The van der Waals surface area contributed by atoms with Crippen LogP contribution in [0.3, 0.4) is 0 Å². The van der Waals surface area contributed by atoms with E-state index < -0.39 is 31.3 Å². The van der Waals surface area contributed by atoms with E-state index in [2.05, 4.69) is 5.32 Å². The van der Waals surface area contributed by atoms with Crippen molar-refractivity contribution in [3.8, 4) is 0 Å². The Balaban J connectivity index is 2.57. The van der Waals surface area contributed by atoms with Crippen molar-refractivity contribution in [2.24, 2.45) is 0 Å². The summed E-state index contributed by atoms with van der Waals surface area (Å²) < 4.78 is 36.5. The van der Waals surface area contributed by atoms with Gasteiger partial charge in [0, 0.05) is 6.54 Å². The lowest BCUT2D eigenvalue weighted by Crippen LogP contribution is -2.48. The Morgan fingerprint density at radius 2 is 2.19 bits per heavy atom. The van der Waals surface area contributed by atoms with Crippen molar-refractivity contribution in [1.82, 2.24) is 10.2 Å². The van der Waals surface area contributed by atoms with E-state index in [-0.39, 0.29) is 6.54 Å². The fourth-order valence-corrected chi connectivity index (χ4v) is 1.72. The van der Waals surface area contributed by atoms with Crippen molar-refractivity contribution < 1.29 is 23.1 Å². The summed E-state index contributed by atoms with van der Waals surface area (Å²) in [5, 5.41) is 11.5. The molecule has 0 aliphatic carbocycles. The maximum absolute atomic E-state index is 12.2. The molecule has 0 radical (unpaired) electrons. The van der Waals surface area contributed by atoms with Gasteiger partial charge in [0.2, 0.25) is 5.91 Å². The van der Waals surface area contributed by atoms with Crippen LogP contribution in [-0.2, 0) is 4.79 Å². The van der Waals surface area contributed by atoms with Crippen LogP contribution in [0.15, 0.2) is 0 Å². The standard InChI is InChI=1S/C9H15F3N2O2/c10-9(11,12)6-14(4-5-15)8(16)7-2-1-3-13-7/h7,13,15H,1-6H2/t7-/m1/s1. The van der Waals surface area contributed by atoms with E-state index >= 15 is 0 Å². The number of nitrogens with one attached hydrogen (secondary N) is 1. The van der Waals surface area contributed by atoms with Crippen LogP contribution in [0, 0.1) is 0 Å². The molecule has 0 bridgehead atoms. The molecule has 1 heterocycles. The van der Waals surface area contributed by atoms with Crippen molar-refractivity contribution in [1.29, 1.82) is 0 Å². The summed E-state index contributed by atoms with van der Waals surface area (Å²) in [4.78, 5) is 12.3. The molecule has 16 heavy (non-hydrogen) atoms. The van der Waals surface area contributed by atoms with E-state index in [0.29, 0.717) is 17.9 Å². The van der Waals surface area contributed by atoms with Gasteiger partial charge >= 0.3 is 6.18 Å². The molecule has 1 aliphatic heterocycles. The second-order valence-electron chi connectivity index (χ2n) is 3.75. The van der Waals surface area contributed by atoms with Gasteiger partial charge in [-0.1, -0.05) is 0 Å². The van der Waals surface area contributed by atoms with Gasteiger partial charge in [-0.05, 0) is 19.4 Å². The van der Waals surface area contributed by atoms with Crippen molar-refractivity contribution >= 4 is 5.91 Å². The molecule has 94 valence electrons. The molecule has 1 rings (SSSR count). The Hall–Kier alpha value is -0.820. The molecule has 0 spiro atoms. The number of carbonyl (C=O) groups excluding carboxylic acids is 1. The highest BCUT2D eigenvalue weighted by atomic mass is 19.4. The smallest absolute Gasteiger partial charge is 0.395 e. The molecule has 1 aliphatic rings. The Morgan fingerprint density at radius 1 is 1.50 bits per heavy atom. The third-order valence-electron chi connectivity index (χ3n) is 2.41. The Bertz CT molecular complexity index is 239. The zero-order chi connectivity index (χ0) is 12.2. The van der Waals surface area contributed by atoms with Gasteiger partial charge in [-0.3, -0.25) is 4.79 Å². The fourth-order valence-electron chi connectivity index (χ4n) is 1.72. The van der Waals surface area contributed by atoms with Gasteiger partial charge in [-0.25, -0.2) is 0 Å². The predicted octanol–water partition coefficient (Wildman–Crippen LogP) is 0.122. The topological polar surface area (TPSA) is 52.6 Å². The first-order chi connectivity index (χ1) is 7.44. The first-order valence-corrected chi connectivity index (χ1v) is 5.14. The highest BCUT2D eigenvalue weighted by Gasteiger charge is 2.35. The number of nitrogens with zero attached hydrogens (tertiary/aromatic N) is 1. The van der Waals surface area contributed by atoms with E-state index in [1.54, 1.807) is 0 Å². The molecule has 1 atom stereocenters. The van der Waals surface area contributed by atoms with Gasteiger partial charge in [-0.2, -0.15) is 13.2 Å². The van der Waals surface area contributed by atoms with Gasteiger partial charge in [-0.15, -0.1) is 0 Å². The minimum absolute atomic E-state index is 0.281. The number of aliphatic hydroxyl groups is 1. The highest BCUT2D eigenvalue weighted by molar-refractivity contribution is 5.82. The third-order valence-corrected chi connectivity index (χ3v) is 2.41. The van der Waals surface area contributed by atoms with Crippen LogP contribution >= 0.6 is 0 Å². The zero-order valence-corrected chi connectivity index (χ0v) is 8.76. The lowest BCUT2D eigenvalue weighted by atomic mass is 10.2. The van der Waals surface area contributed by atoms with Crippen LogP contribution in [-0.4, -0.2) is 54.4 Å². The summed E-state index contributed by atoms with van der Waals surface area (Å²) in [6.07, 6.45) is -3.09. The molecular weight excluding hydrogens is 225 g/mol. The minimum Gasteiger partial charge on any atom is -0.395 e. The average Bonchev–Trinajstić information content (AvgIpc) is 2.66. The summed E-state index contributed by atoms with van der Waals surface area (Å²) in [6, 6.07) is -0.533. The molecule has 0 aromatic rings. The van der Waals surface area contributed by atoms with E-state index in [1.807, 2.05) is 0 Å². The van der Waals surface area contributed by atoms with Crippen molar-refractivity contribution in [2.75, 3.05) is 26.2 Å². The van der Waals surface area contributed by atoms with E-state index in [1.165, 1.54) is 0 Å². The molecular formula is C9H15F3N2O2. The van der Waals surface area contributed by atoms with E-state index in [4.69, 9.17) is 5.11 Å². The molecule has 1 amide bonds. The van der Waals surface area contributed by atoms with Gasteiger partial charge in [0.15, 0.2) is 0 Å². The number of hydrogen-bond donors (Lipinski definition) is 2. The van der Waals surface area contributed by atoms with Gasteiger partial charge in [0.25, 0.3) is 0 Å². The summed E-state index contributed by atoms with van der Waals surface area (Å²) in [6.45, 7) is -1.40. The van der Waals surface area contributed by atoms with Crippen LogP contribution < -0.4 is 5.32 Å². The summed E-state index contributed by atoms with van der Waals surface area (Å²) >= 11 is 0. The minimum atomic E-state index is -4.43. The van der Waals surface area contributed by atoms with Gasteiger partial charge in [0.05, 0.1) is 12.6 Å². The highest BCUT2D eigenvalue weighted by Crippen LogP contribution is 2.18. The Labute approximate surface area is 91.4 Å². The quantitative estimate of drug-likeness (QED) is 0.734. The summed E-state index contributed by atoms with van der Waals surface area (Å²) in [5.41, 5.74) is 0. The van der Waals surface area contributed by atoms with Crippen molar-refractivity contribution in [3.05, 3.63) is 0 Å². The monoisotopic (exact) mass is 240 g/mol. The molecule has 1 saturated heterocycles. The number of halogens is 3. The largest absolute Gasteiger partial charge is 0.406 e. The molecule has 7 heteroatoms. The number of alkyl halides is 3. The second kappa shape index (κ2) is 5.49. The van der Waals surface area contributed by atoms with Crippen LogP contribution in [0.25, 0.3) is 0 Å². The van der Waals surface area contributed by atoms with Crippen molar-refractivity contribution in [3.63, 3.8) is 0 Å². The van der Waals surface area contributed by atoms with Crippen LogP contribution in [0.1, 0.15) is 12.8 Å².